The molecule has 0 aliphatic carbocycles. The Morgan fingerprint density at radius 3 is 1.55 bits per heavy atom. The Morgan fingerprint density at radius 1 is 0.864 bits per heavy atom. The minimum absolute atomic E-state index is 0. The van der Waals surface area contributed by atoms with E-state index in [0.717, 1.165) is 6.54 Å². The van der Waals surface area contributed by atoms with Crippen LogP contribution in [-0.2, 0) is 0 Å². The highest BCUT2D eigenvalue weighted by atomic mass is 35.5. The highest BCUT2D eigenvalue weighted by Gasteiger charge is 2.23. The van der Waals surface area contributed by atoms with Crippen molar-refractivity contribution in [2.75, 3.05) is 13.6 Å². The fourth-order valence-corrected chi connectivity index (χ4v) is 2.71. The summed E-state index contributed by atoms with van der Waals surface area (Å²) in [5.74, 6) is 0. The summed E-state index contributed by atoms with van der Waals surface area (Å²) in [5, 5.41) is 0. The van der Waals surface area contributed by atoms with Crippen LogP contribution in [0.1, 0.15) is 31.0 Å². The zero-order chi connectivity index (χ0) is 14.6. The van der Waals surface area contributed by atoms with Crippen LogP contribution in [0.25, 0.3) is 0 Å². The van der Waals surface area contributed by atoms with E-state index in [0.29, 0.717) is 0 Å². The number of hydrogen-bond acceptors (Lipinski definition) is 2. The monoisotopic (exact) mass is 340 g/mol. The molecule has 22 heavy (non-hydrogen) atoms. The first-order valence-corrected chi connectivity index (χ1v) is 7.06. The molecule has 0 radical (unpaired) electrons. The van der Waals surface area contributed by atoms with Crippen LogP contribution in [0.5, 0.6) is 0 Å². The minimum atomic E-state index is -0.212. The summed E-state index contributed by atoms with van der Waals surface area (Å²) >= 11 is 0. The minimum Gasteiger partial charge on any atom is -0.324 e. The number of hydrogen-bond donors (Lipinski definition) is 1. The lowest BCUT2D eigenvalue weighted by atomic mass is 9.95. The van der Waals surface area contributed by atoms with Gasteiger partial charge in [0.15, 0.2) is 0 Å². The van der Waals surface area contributed by atoms with E-state index in [4.69, 9.17) is 5.73 Å². The van der Waals surface area contributed by atoms with Crippen molar-refractivity contribution in [3.8, 4) is 0 Å². The van der Waals surface area contributed by atoms with Gasteiger partial charge >= 0.3 is 0 Å². The second-order valence-electron chi connectivity index (χ2n) is 6.13. The van der Waals surface area contributed by atoms with E-state index in [1.165, 1.54) is 11.1 Å². The summed E-state index contributed by atoms with van der Waals surface area (Å²) in [6.45, 7) is 4.97. The summed E-state index contributed by atoms with van der Waals surface area (Å²) in [4.78, 5) is 2.32. The normalized spacial score (nSPS) is 11.0. The molecule has 0 amide bonds. The molecule has 0 saturated heterocycles. The van der Waals surface area contributed by atoms with Gasteiger partial charge in [0.25, 0.3) is 0 Å². The summed E-state index contributed by atoms with van der Waals surface area (Å²) in [7, 11) is 2.14. The average molecular weight is 341 g/mol. The lowest BCUT2D eigenvalue weighted by molar-refractivity contribution is 0.228. The molecule has 4 heteroatoms. The molecule has 0 aliphatic heterocycles. The summed E-state index contributed by atoms with van der Waals surface area (Å²) in [6, 6.07) is 21.4. The maximum absolute atomic E-state index is 6.19. The van der Waals surface area contributed by atoms with E-state index >= 15 is 0 Å². The van der Waals surface area contributed by atoms with Gasteiger partial charge < -0.3 is 5.73 Å². The van der Waals surface area contributed by atoms with Gasteiger partial charge in [-0.3, -0.25) is 4.90 Å². The second-order valence-corrected chi connectivity index (χ2v) is 6.13. The second kappa shape index (κ2) is 9.16. The Bertz CT molecular complexity index is 484. The van der Waals surface area contributed by atoms with E-state index in [-0.39, 0.29) is 36.4 Å². The zero-order valence-electron chi connectivity index (χ0n) is 13.4. The van der Waals surface area contributed by atoms with Crippen molar-refractivity contribution in [3.63, 3.8) is 0 Å². The van der Waals surface area contributed by atoms with Gasteiger partial charge in [0.05, 0.1) is 6.04 Å². The standard InChI is InChI=1S/C18H24N2.2ClH/c1-18(2,19)14-20(3)17(15-10-6-4-7-11-15)16-12-8-5-9-13-16;;/h4-13,17H,14,19H2,1-3H3;2*1H. The molecule has 0 aromatic heterocycles. The molecule has 0 bridgehead atoms. The van der Waals surface area contributed by atoms with E-state index in [2.05, 4.69) is 86.5 Å². The molecule has 0 unspecified atom stereocenters. The summed E-state index contributed by atoms with van der Waals surface area (Å²) < 4.78 is 0. The van der Waals surface area contributed by atoms with Gasteiger partial charge in [-0.05, 0) is 32.0 Å². The van der Waals surface area contributed by atoms with Crippen LogP contribution in [0.4, 0.5) is 0 Å². The first kappa shape index (κ1) is 20.9. The predicted octanol–water partition coefficient (Wildman–Crippen LogP) is 4.29. The fourth-order valence-electron chi connectivity index (χ4n) is 2.71. The molecule has 0 heterocycles. The third-order valence-electron chi connectivity index (χ3n) is 3.33. The Morgan fingerprint density at radius 2 is 1.23 bits per heavy atom. The molecule has 122 valence electrons. The lowest BCUT2D eigenvalue weighted by Gasteiger charge is -2.34. The van der Waals surface area contributed by atoms with Crippen LogP contribution >= 0.6 is 24.8 Å². The van der Waals surface area contributed by atoms with Crippen molar-refractivity contribution in [1.29, 1.82) is 0 Å². The van der Waals surface area contributed by atoms with E-state index in [1.54, 1.807) is 0 Å². The maximum atomic E-state index is 6.19. The molecule has 0 fully saturated rings. The van der Waals surface area contributed by atoms with E-state index in [1.807, 2.05) is 0 Å². The number of nitrogens with two attached hydrogens (primary N) is 1. The van der Waals surface area contributed by atoms with Crippen molar-refractivity contribution in [2.45, 2.75) is 25.4 Å². The van der Waals surface area contributed by atoms with Gasteiger partial charge in [-0.15, -0.1) is 24.8 Å². The molecule has 2 N–H and O–H groups in total. The van der Waals surface area contributed by atoms with Gasteiger partial charge in [-0.25, -0.2) is 0 Å². The summed E-state index contributed by atoms with van der Waals surface area (Å²) in [6.07, 6.45) is 0. The third-order valence-corrected chi connectivity index (χ3v) is 3.33. The molecular weight excluding hydrogens is 315 g/mol. The number of nitrogens with zero attached hydrogens (tertiary/aromatic N) is 1. The molecule has 0 aliphatic rings. The SMILES string of the molecule is CN(CC(C)(C)N)C(c1ccccc1)c1ccccc1.Cl.Cl. The van der Waals surface area contributed by atoms with Crippen LogP contribution in [0.2, 0.25) is 0 Å². The highest BCUT2D eigenvalue weighted by Crippen LogP contribution is 2.28. The first-order valence-electron chi connectivity index (χ1n) is 7.06. The van der Waals surface area contributed by atoms with E-state index in [9.17, 15) is 0 Å². The smallest absolute Gasteiger partial charge is 0.0599 e. The number of halogens is 2. The van der Waals surface area contributed by atoms with Crippen molar-refractivity contribution >= 4 is 24.8 Å². The van der Waals surface area contributed by atoms with Crippen LogP contribution in [0, 0.1) is 0 Å². The molecule has 0 spiro atoms. The van der Waals surface area contributed by atoms with Gasteiger partial charge in [0.1, 0.15) is 0 Å². The number of benzene rings is 2. The van der Waals surface area contributed by atoms with Gasteiger partial charge in [-0.2, -0.15) is 0 Å². The molecule has 2 rings (SSSR count). The molecular formula is C18H26Cl2N2. The lowest BCUT2D eigenvalue weighted by Crippen LogP contribution is -2.45. The molecule has 0 atom stereocenters. The quantitative estimate of drug-likeness (QED) is 0.879. The van der Waals surface area contributed by atoms with Gasteiger partial charge in [0, 0.05) is 12.1 Å². The largest absolute Gasteiger partial charge is 0.324 e. The van der Waals surface area contributed by atoms with Crippen molar-refractivity contribution in [2.24, 2.45) is 5.73 Å². The molecule has 2 aromatic rings. The van der Waals surface area contributed by atoms with E-state index < -0.39 is 0 Å². The fraction of sp³-hybridized carbons (Fsp3) is 0.333. The van der Waals surface area contributed by atoms with Gasteiger partial charge in [0.2, 0.25) is 0 Å². The number of rotatable bonds is 5. The third kappa shape index (κ3) is 5.98. The van der Waals surface area contributed by atoms with Crippen molar-refractivity contribution in [3.05, 3.63) is 71.8 Å². The van der Waals surface area contributed by atoms with Crippen LogP contribution in [0.3, 0.4) is 0 Å². The topological polar surface area (TPSA) is 29.3 Å². The first-order chi connectivity index (χ1) is 9.47. The van der Waals surface area contributed by atoms with Crippen molar-refractivity contribution < 1.29 is 0 Å². The zero-order valence-corrected chi connectivity index (χ0v) is 15.0. The van der Waals surface area contributed by atoms with Crippen LogP contribution in [0.15, 0.2) is 60.7 Å². The molecule has 2 nitrogen and oxygen atoms in total. The Hall–Kier alpha value is -1.06. The predicted molar refractivity (Wildman–Crippen MR) is 100 cm³/mol. The number of likely N-dealkylation sites (N-methyl/N-ethyl adjacent to an activating group) is 1. The Labute approximate surface area is 146 Å². The molecule has 0 saturated carbocycles. The van der Waals surface area contributed by atoms with Crippen molar-refractivity contribution in [1.82, 2.24) is 4.90 Å². The molecule has 2 aromatic carbocycles. The highest BCUT2D eigenvalue weighted by molar-refractivity contribution is 5.85. The maximum Gasteiger partial charge on any atom is 0.0599 e. The Balaban J connectivity index is 0.00000220. The summed E-state index contributed by atoms with van der Waals surface area (Å²) in [5.41, 5.74) is 8.57. The van der Waals surface area contributed by atoms with Crippen LogP contribution in [-0.4, -0.2) is 24.0 Å². The van der Waals surface area contributed by atoms with Gasteiger partial charge in [-0.1, -0.05) is 60.7 Å². The van der Waals surface area contributed by atoms with Crippen LogP contribution < -0.4 is 5.73 Å². The Kier molecular flexibility index (Phi) is 8.72. The average Bonchev–Trinajstić information content (AvgIpc) is 2.39.